The van der Waals surface area contributed by atoms with Crippen molar-refractivity contribution >= 4 is 22.8 Å². The van der Waals surface area contributed by atoms with Gasteiger partial charge in [0, 0.05) is 12.0 Å². The Morgan fingerprint density at radius 2 is 1.87 bits per heavy atom. The fraction of sp³-hybridized carbons (Fsp3) is 0.348. The number of carbonyl (C=O) groups is 1. The van der Waals surface area contributed by atoms with Gasteiger partial charge in [0.15, 0.2) is 11.5 Å². The van der Waals surface area contributed by atoms with Gasteiger partial charge in [0.25, 0.3) is 0 Å². The van der Waals surface area contributed by atoms with Crippen molar-refractivity contribution in [2.45, 2.75) is 46.5 Å². The highest BCUT2D eigenvalue weighted by Gasteiger charge is 2.25. The predicted octanol–water partition coefficient (Wildman–Crippen LogP) is 4.06. The van der Waals surface area contributed by atoms with E-state index in [4.69, 9.17) is 0 Å². The first-order valence-electron chi connectivity index (χ1n) is 10.7. The maximum absolute atomic E-state index is 12.7. The molecule has 3 aromatic heterocycles. The van der Waals surface area contributed by atoms with Crippen molar-refractivity contribution < 1.29 is 4.79 Å². The molecular formula is C23H25N7O. The van der Waals surface area contributed by atoms with Crippen molar-refractivity contribution in [3.05, 3.63) is 53.6 Å². The van der Waals surface area contributed by atoms with E-state index in [1.807, 2.05) is 23.7 Å². The van der Waals surface area contributed by atoms with Crippen LogP contribution >= 0.6 is 0 Å². The summed E-state index contributed by atoms with van der Waals surface area (Å²) in [6.45, 7) is 6.03. The highest BCUT2D eigenvalue weighted by atomic mass is 16.2. The molecule has 0 unspecified atom stereocenters. The van der Waals surface area contributed by atoms with Crippen LogP contribution in [0.25, 0.3) is 22.5 Å². The van der Waals surface area contributed by atoms with E-state index in [2.05, 4.69) is 51.5 Å². The lowest BCUT2D eigenvalue weighted by Gasteiger charge is -2.12. The molecule has 5 rings (SSSR count). The van der Waals surface area contributed by atoms with E-state index in [-0.39, 0.29) is 11.8 Å². The Labute approximate surface area is 180 Å². The predicted molar refractivity (Wildman–Crippen MR) is 119 cm³/mol. The molecule has 1 amide bonds. The molecule has 1 saturated carbocycles. The molecule has 1 aliphatic rings. The second-order valence-corrected chi connectivity index (χ2v) is 8.33. The molecule has 0 radical (unpaired) electrons. The van der Waals surface area contributed by atoms with Gasteiger partial charge in [0.1, 0.15) is 12.1 Å². The summed E-state index contributed by atoms with van der Waals surface area (Å²) < 4.78 is 3.50. The van der Waals surface area contributed by atoms with Gasteiger partial charge in [-0.25, -0.2) is 14.6 Å². The van der Waals surface area contributed by atoms with Gasteiger partial charge in [-0.3, -0.25) is 4.79 Å². The number of hydrogen-bond acceptors (Lipinski definition) is 5. The molecule has 1 aromatic carbocycles. The molecular weight excluding hydrogens is 390 g/mol. The lowest BCUT2D eigenvalue weighted by molar-refractivity contribution is -0.119. The van der Waals surface area contributed by atoms with Crippen LogP contribution in [-0.2, 0) is 4.79 Å². The first kappa shape index (κ1) is 19.4. The summed E-state index contributed by atoms with van der Waals surface area (Å²) in [5, 5.41) is 13.0. The molecule has 1 fully saturated rings. The van der Waals surface area contributed by atoms with E-state index >= 15 is 0 Å². The normalized spacial score (nSPS) is 14.4. The molecule has 0 saturated heterocycles. The van der Waals surface area contributed by atoms with E-state index in [0.717, 1.165) is 48.0 Å². The smallest absolute Gasteiger partial charge is 0.228 e. The topological polar surface area (TPSA) is 90.5 Å². The Kier molecular flexibility index (Phi) is 4.77. The molecule has 158 valence electrons. The summed E-state index contributed by atoms with van der Waals surface area (Å²) in [5.74, 6) is 1.33. The van der Waals surface area contributed by atoms with Crippen LogP contribution in [-0.4, -0.2) is 35.4 Å². The average Bonchev–Trinajstić information content (AvgIpc) is 3.48. The lowest BCUT2D eigenvalue weighted by atomic mass is 10.1. The standard InChI is InChI=1S/C23H25N7O/c1-14-8-9-19(15(2)10-14)29-21-18(12-26-29)22(25-13-24-21)30-20(11-16(3)28-30)27-23(31)17-6-4-5-7-17/h8-13,17H,4-7H2,1-3H3,(H,27,31). The fourth-order valence-electron chi connectivity index (χ4n) is 4.39. The number of hydrogen-bond donors (Lipinski definition) is 1. The third kappa shape index (κ3) is 3.48. The lowest BCUT2D eigenvalue weighted by Crippen LogP contribution is -2.22. The largest absolute Gasteiger partial charge is 0.310 e. The van der Waals surface area contributed by atoms with Crippen molar-refractivity contribution in [1.82, 2.24) is 29.5 Å². The number of anilines is 1. The second kappa shape index (κ2) is 7.61. The number of rotatable bonds is 4. The summed E-state index contributed by atoms with van der Waals surface area (Å²) in [7, 11) is 0. The Hall–Kier alpha value is -3.55. The minimum atomic E-state index is 0.0509. The molecule has 3 heterocycles. The van der Waals surface area contributed by atoms with E-state index < -0.39 is 0 Å². The molecule has 1 aliphatic carbocycles. The van der Waals surface area contributed by atoms with E-state index in [1.54, 1.807) is 10.9 Å². The van der Waals surface area contributed by atoms with Gasteiger partial charge < -0.3 is 5.32 Å². The summed E-state index contributed by atoms with van der Waals surface area (Å²) in [6, 6.07) is 8.10. The molecule has 0 spiro atoms. The Morgan fingerprint density at radius 1 is 1.06 bits per heavy atom. The van der Waals surface area contributed by atoms with E-state index in [1.165, 1.54) is 11.9 Å². The Morgan fingerprint density at radius 3 is 2.65 bits per heavy atom. The van der Waals surface area contributed by atoms with Gasteiger partial charge in [0.2, 0.25) is 5.91 Å². The zero-order valence-corrected chi connectivity index (χ0v) is 18.0. The van der Waals surface area contributed by atoms with Gasteiger partial charge in [-0.15, -0.1) is 0 Å². The zero-order valence-electron chi connectivity index (χ0n) is 18.0. The van der Waals surface area contributed by atoms with E-state index in [0.29, 0.717) is 17.3 Å². The van der Waals surface area contributed by atoms with Crippen LogP contribution < -0.4 is 5.32 Å². The van der Waals surface area contributed by atoms with Gasteiger partial charge in [-0.05, 0) is 45.2 Å². The van der Waals surface area contributed by atoms with Crippen LogP contribution in [0.15, 0.2) is 36.8 Å². The van der Waals surface area contributed by atoms with Crippen molar-refractivity contribution in [2.75, 3.05) is 5.32 Å². The summed E-state index contributed by atoms with van der Waals surface area (Å²) in [6.07, 6.45) is 7.38. The number of aryl methyl sites for hydroxylation is 3. The summed E-state index contributed by atoms with van der Waals surface area (Å²) in [5.41, 5.74) is 4.78. The van der Waals surface area contributed by atoms with Gasteiger partial charge in [-0.1, -0.05) is 30.5 Å². The maximum Gasteiger partial charge on any atom is 0.228 e. The SMILES string of the molecule is Cc1ccc(-n2ncc3c(-n4nc(C)cc4NC(=O)C4CCCC4)ncnc32)c(C)c1. The monoisotopic (exact) mass is 415 g/mol. The minimum absolute atomic E-state index is 0.0509. The van der Waals surface area contributed by atoms with Crippen molar-refractivity contribution in [3.63, 3.8) is 0 Å². The van der Waals surface area contributed by atoms with Crippen LogP contribution in [0, 0.1) is 26.7 Å². The molecule has 0 aliphatic heterocycles. The van der Waals surface area contributed by atoms with Crippen LogP contribution in [0.2, 0.25) is 0 Å². The molecule has 8 nitrogen and oxygen atoms in total. The van der Waals surface area contributed by atoms with Crippen molar-refractivity contribution in [3.8, 4) is 11.5 Å². The first-order chi connectivity index (χ1) is 15.0. The number of nitrogens with one attached hydrogen (secondary N) is 1. The second-order valence-electron chi connectivity index (χ2n) is 8.33. The molecule has 1 N–H and O–H groups in total. The van der Waals surface area contributed by atoms with Crippen molar-refractivity contribution in [1.29, 1.82) is 0 Å². The minimum Gasteiger partial charge on any atom is -0.310 e. The number of amides is 1. The highest BCUT2D eigenvalue weighted by molar-refractivity contribution is 5.93. The fourth-order valence-corrected chi connectivity index (χ4v) is 4.39. The van der Waals surface area contributed by atoms with Crippen LogP contribution in [0.3, 0.4) is 0 Å². The van der Waals surface area contributed by atoms with Crippen LogP contribution in [0.1, 0.15) is 42.5 Å². The van der Waals surface area contributed by atoms with Gasteiger partial charge in [-0.2, -0.15) is 14.9 Å². The average molecular weight is 416 g/mol. The Balaban J connectivity index is 1.57. The summed E-state index contributed by atoms with van der Waals surface area (Å²) in [4.78, 5) is 21.7. The molecule has 0 bridgehead atoms. The van der Waals surface area contributed by atoms with Crippen LogP contribution in [0.5, 0.6) is 0 Å². The molecule has 4 aromatic rings. The van der Waals surface area contributed by atoms with Gasteiger partial charge >= 0.3 is 0 Å². The van der Waals surface area contributed by atoms with Gasteiger partial charge in [0.05, 0.1) is 23.0 Å². The third-order valence-corrected chi connectivity index (χ3v) is 5.93. The molecule has 8 heteroatoms. The summed E-state index contributed by atoms with van der Waals surface area (Å²) >= 11 is 0. The number of fused-ring (bicyclic) bond motifs is 1. The van der Waals surface area contributed by atoms with E-state index in [9.17, 15) is 4.79 Å². The highest BCUT2D eigenvalue weighted by Crippen LogP contribution is 2.28. The molecule has 31 heavy (non-hydrogen) atoms. The molecule has 0 atom stereocenters. The van der Waals surface area contributed by atoms with Crippen molar-refractivity contribution in [2.24, 2.45) is 5.92 Å². The quantitative estimate of drug-likeness (QED) is 0.543. The first-order valence-corrected chi connectivity index (χ1v) is 10.7. The zero-order chi connectivity index (χ0) is 21.5. The number of nitrogens with zero attached hydrogens (tertiary/aromatic N) is 6. The number of benzene rings is 1. The number of carbonyl (C=O) groups excluding carboxylic acids is 1. The number of aromatic nitrogens is 6. The Bertz CT molecular complexity index is 1280. The third-order valence-electron chi connectivity index (χ3n) is 5.93. The maximum atomic E-state index is 12.7. The van der Waals surface area contributed by atoms with Crippen LogP contribution in [0.4, 0.5) is 5.82 Å².